The van der Waals surface area contributed by atoms with E-state index in [0.717, 1.165) is 0 Å². The molecule has 0 aliphatic rings. The predicted octanol–water partition coefficient (Wildman–Crippen LogP) is 4.74. The van der Waals surface area contributed by atoms with Crippen LogP contribution in [-0.2, 0) is 6.54 Å². The Morgan fingerprint density at radius 1 is 1.23 bits per heavy atom. The molecule has 3 aromatic rings. The second-order valence-corrected chi connectivity index (χ2v) is 6.49. The molecule has 1 N–H and O–H groups in total. The molecule has 6 nitrogen and oxygen atoms in total. The van der Waals surface area contributed by atoms with Crippen LogP contribution in [0.25, 0.3) is 0 Å². The second kappa shape index (κ2) is 7.35. The van der Waals surface area contributed by atoms with Crippen molar-refractivity contribution < 1.29 is 14.6 Å². The number of aromatic nitrogens is 3. The predicted molar refractivity (Wildman–Crippen MR) is 98.5 cm³/mol. The molecule has 2 aromatic heterocycles. The average Bonchev–Trinajstić information content (AvgIpc) is 2.88. The van der Waals surface area contributed by atoms with Gasteiger partial charge in [0.15, 0.2) is 11.4 Å². The SMILES string of the molecule is Cc1ncccc1Oc1nc(C)c(C(=O)O)n1Cc1cc(Cl)ccc1Cl. The fourth-order valence-electron chi connectivity index (χ4n) is 2.55. The zero-order valence-corrected chi connectivity index (χ0v) is 15.5. The van der Waals surface area contributed by atoms with Crippen LogP contribution >= 0.6 is 23.2 Å². The molecule has 1 aromatic carbocycles. The third-order valence-corrected chi connectivity index (χ3v) is 4.41. The summed E-state index contributed by atoms with van der Waals surface area (Å²) in [7, 11) is 0. The maximum atomic E-state index is 11.7. The molecule has 0 unspecified atom stereocenters. The molecule has 134 valence electrons. The summed E-state index contributed by atoms with van der Waals surface area (Å²) in [5.74, 6) is -0.612. The van der Waals surface area contributed by atoms with E-state index in [4.69, 9.17) is 27.9 Å². The van der Waals surface area contributed by atoms with Crippen LogP contribution in [0.4, 0.5) is 0 Å². The van der Waals surface area contributed by atoms with Gasteiger partial charge in [-0.1, -0.05) is 23.2 Å². The molecule has 0 saturated heterocycles. The molecule has 0 spiro atoms. The number of pyridine rings is 1. The number of carboxylic acid groups (broad SMARTS) is 1. The fourth-order valence-corrected chi connectivity index (χ4v) is 2.93. The lowest BCUT2D eigenvalue weighted by Gasteiger charge is -2.13. The molecule has 0 amide bonds. The summed E-state index contributed by atoms with van der Waals surface area (Å²) in [6.07, 6.45) is 1.65. The van der Waals surface area contributed by atoms with Crippen molar-refractivity contribution in [1.29, 1.82) is 0 Å². The Labute approximate surface area is 160 Å². The molecular formula is C18H15Cl2N3O3. The molecule has 0 saturated carbocycles. The van der Waals surface area contributed by atoms with Gasteiger partial charge in [-0.15, -0.1) is 0 Å². The highest BCUT2D eigenvalue weighted by Gasteiger charge is 2.23. The van der Waals surface area contributed by atoms with Crippen molar-refractivity contribution in [3.8, 4) is 11.8 Å². The largest absolute Gasteiger partial charge is 0.477 e. The van der Waals surface area contributed by atoms with Crippen molar-refractivity contribution in [1.82, 2.24) is 14.5 Å². The van der Waals surface area contributed by atoms with Gasteiger partial charge >= 0.3 is 12.0 Å². The van der Waals surface area contributed by atoms with E-state index in [0.29, 0.717) is 32.7 Å². The zero-order chi connectivity index (χ0) is 18.8. The first-order valence-electron chi connectivity index (χ1n) is 7.70. The number of ether oxygens (including phenoxy) is 1. The Morgan fingerprint density at radius 2 is 2.00 bits per heavy atom. The Kier molecular flexibility index (Phi) is 5.15. The van der Waals surface area contributed by atoms with Gasteiger partial charge in [0.1, 0.15) is 0 Å². The van der Waals surface area contributed by atoms with Crippen LogP contribution in [0.3, 0.4) is 0 Å². The van der Waals surface area contributed by atoms with Gasteiger partial charge in [-0.25, -0.2) is 4.79 Å². The second-order valence-electron chi connectivity index (χ2n) is 5.64. The highest BCUT2D eigenvalue weighted by molar-refractivity contribution is 6.33. The number of halogens is 2. The lowest BCUT2D eigenvalue weighted by molar-refractivity contribution is 0.0683. The summed E-state index contributed by atoms with van der Waals surface area (Å²) < 4.78 is 7.30. The number of hydrogen-bond acceptors (Lipinski definition) is 4. The van der Waals surface area contributed by atoms with Crippen molar-refractivity contribution in [2.45, 2.75) is 20.4 Å². The quantitative estimate of drug-likeness (QED) is 0.679. The summed E-state index contributed by atoms with van der Waals surface area (Å²) in [6, 6.07) is 8.63. The molecule has 0 atom stereocenters. The van der Waals surface area contributed by atoms with Gasteiger partial charge in [0, 0.05) is 16.2 Å². The lowest BCUT2D eigenvalue weighted by atomic mass is 10.2. The summed E-state index contributed by atoms with van der Waals surface area (Å²) in [6.45, 7) is 3.56. The van der Waals surface area contributed by atoms with Crippen LogP contribution in [0.15, 0.2) is 36.5 Å². The average molecular weight is 392 g/mol. The normalized spacial score (nSPS) is 10.8. The number of carboxylic acids is 1. The van der Waals surface area contributed by atoms with Gasteiger partial charge < -0.3 is 9.84 Å². The van der Waals surface area contributed by atoms with E-state index in [1.807, 2.05) is 0 Å². The number of hydrogen-bond donors (Lipinski definition) is 1. The first-order chi connectivity index (χ1) is 12.4. The molecule has 0 radical (unpaired) electrons. The van der Waals surface area contributed by atoms with Crippen LogP contribution in [0, 0.1) is 13.8 Å². The third kappa shape index (κ3) is 3.66. The van der Waals surface area contributed by atoms with E-state index in [9.17, 15) is 9.90 Å². The summed E-state index contributed by atoms with van der Waals surface area (Å²) in [5.41, 5.74) is 1.69. The van der Waals surface area contributed by atoms with Gasteiger partial charge in [-0.3, -0.25) is 9.55 Å². The smallest absolute Gasteiger partial charge is 0.354 e. The molecular weight excluding hydrogens is 377 g/mol. The number of benzene rings is 1. The molecule has 0 bridgehead atoms. The van der Waals surface area contributed by atoms with Gasteiger partial charge in [0.2, 0.25) is 0 Å². The summed E-state index contributed by atoms with van der Waals surface area (Å²) in [5, 5.41) is 10.6. The van der Waals surface area contributed by atoms with Crippen LogP contribution in [0.1, 0.15) is 27.4 Å². The number of imidazole rings is 1. The Balaban J connectivity index is 2.08. The maximum absolute atomic E-state index is 11.7. The van der Waals surface area contributed by atoms with E-state index >= 15 is 0 Å². The Hall–Kier alpha value is -2.57. The molecule has 26 heavy (non-hydrogen) atoms. The molecule has 0 aliphatic heterocycles. The van der Waals surface area contributed by atoms with Crippen LogP contribution in [-0.4, -0.2) is 25.6 Å². The van der Waals surface area contributed by atoms with E-state index in [1.54, 1.807) is 50.4 Å². The Bertz CT molecular complexity index is 986. The standard InChI is InChI=1S/C18H15Cl2N3O3/c1-10-15(4-3-7-21-10)26-18-22-11(2)16(17(24)25)23(18)9-12-8-13(19)5-6-14(12)20/h3-8H,9H2,1-2H3,(H,24,25). The Morgan fingerprint density at radius 3 is 2.69 bits per heavy atom. The fraction of sp³-hybridized carbons (Fsp3) is 0.167. The van der Waals surface area contributed by atoms with E-state index in [2.05, 4.69) is 9.97 Å². The lowest BCUT2D eigenvalue weighted by Crippen LogP contribution is -2.12. The van der Waals surface area contributed by atoms with Gasteiger partial charge in [0.25, 0.3) is 0 Å². The number of aromatic carboxylic acids is 1. The highest BCUT2D eigenvalue weighted by Crippen LogP contribution is 2.29. The first-order valence-corrected chi connectivity index (χ1v) is 8.46. The van der Waals surface area contributed by atoms with E-state index < -0.39 is 5.97 Å². The number of carbonyl (C=O) groups is 1. The third-order valence-electron chi connectivity index (χ3n) is 3.81. The minimum atomic E-state index is -1.11. The number of aryl methyl sites for hydroxylation is 2. The van der Waals surface area contributed by atoms with E-state index in [-0.39, 0.29) is 18.2 Å². The summed E-state index contributed by atoms with van der Waals surface area (Å²) in [4.78, 5) is 20.2. The van der Waals surface area contributed by atoms with Crippen molar-refractivity contribution in [2.24, 2.45) is 0 Å². The molecule has 2 heterocycles. The van der Waals surface area contributed by atoms with Crippen molar-refractivity contribution in [3.05, 3.63) is 69.2 Å². The van der Waals surface area contributed by atoms with Gasteiger partial charge in [0.05, 0.1) is 17.9 Å². The number of nitrogens with zero attached hydrogens (tertiary/aromatic N) is 3. The van der Waals surface area contributed by atoms with Gasteiger partial charge in [-0.2, -0.15) is 4.98 Å². The van der Waals surface area contributed by atoms with E-state index in [1.165, 1.54) is 4.57 Å². The topological polar surface area (TPSA) is 77.2 Å². The molecule has 0 fully saturated rings. The minimum Gasteiger partial charge on any atom is -0.477 e. The summed E-state index contributed by atoms with van der Waals surface area (Å²) >= 11 is 12.3. The van der Waals surface area contributed by atoms with Gasteiger partial charge in [-0.05, 0) is 49.7 Å². The molecule has 3 rings (SSSR count). The molecule has 8 heteroatoms. The minimum absolute atomic E-state index is 0.0255. The van der Waals surface area contributed by atoms with Crippen LogP contribution in [0.2, 0.25) is 10.0 Å². The van der Waals surface area contributed by atoms with Crippen LogP contribution < -0.4 is 4.74 Å². The maximum Gasteiger partial charge on any atom is 0.354 e. The number of rotatable bonds is 5. The van der Waals surface area contributed by atoms with Crippen LogP contribution in [0.5, 0.6) is 11.8 Å². The van der Waals surface area contributed by atoms with Crippen molar-refractivity contribution in [3.63, 3.8) is 0 Å². The van der Waals surface area contributed by atoms with Crippen molar-refractivity contribution >= 4 is 29.2 Å². The zero-order valence-electron chi connectivity index (χ0n) is 14.0. The highest BCUT2D eigenvalue weighted by atomic mass is 35.5. The first kappa shape index (κ1) is 18.2. The van der Waals surface area contributed by atoms with Crippen molar-refractivity contribution in [2.75, 3.05) is 0 Å². The molecule has 0 aliphatic carbocycles. The monoisotopic (exact) mass is 391 g/mol.